The molecule has 0 aromatic heterocycles. The van der Waals surface area contributed by atoms with Crippen molar-refractivity contribution >= 4 is 28.9 Å². The van der Waals surface area contributed by atoms with Gasteiger partial charge in [0, 0.05) is 23.5 Å². The van der Waals surface area contributed by atoms with Crippen LogP contribution in [0, 0.1) is 15.9 Å². The summed E-state index contributed by atoms with van der Waals surface area (Å²) in [5.41, 5.74) is 5.36. The fraction of sp³-hybridized carbons (Fsp3) is 0.0667. The normalized spacial score (nSPS) is 10.0. The van der Waals surface area contributed by atoms with Crippen LogP contribution in [0.25, 0.3) is 0 Å². The number of nitro benzene ring substituents is 1. The third kappa shape index (κ3) is 4.26. The van der Waals surface area contributed by atoms with Crippen molar-refractivity contribution in [2.24, 2.45) is 0 Å². The number of rotatable bonds is 5. The SMILES string of the molecule is Nc1ccc([N+](=O)[O-])cc1C(=O)OCC(=O)Nc1ccc(F)cc1. The van der Waals surface area contributed by atoms with Crippen LogP contribution in [0.15, 0.2) is 42.5 Å². The van der Waals surface area contributed by atoms with E-state index in [1.165, 1.54) is 18.2 Å². The number of non-ortho nitro benzene ring substituents is 1. The molecule has 0 atom stereocenters. The van der Waals surface area contributed by atoms with E-state index in [9.17, 15) is 24.1 Å². The number of carbonyl (C=O) groups is 2. The average molecular weight is 333 g/mol. The molecule has 9 heteroatoms. The van der Waals surface area contributed by atoms with Crippen molar-refractivity contribution in [2.45, 2.75) is 0 Å². The summed E-state index contributed by atoms with van der Waals surface area (Å²) in [6.45, 7) is -0.627. The number of ether oxygens (including phenoxy) is 1. The lowest BCUT2D eigenvalue weighted by atomic mass is 10.1. The molecular weight excluding hydrogens is 321 g/mol. The number of nitrogens with one attached hydrogen (secondary N) is 1. The predicted molar refractivity (Wildman–Crippen MR) is 82.8 cm³/mol. The highest BCUT2D eigenvalue weighted by atomic mass is 19.1. The minimum atomic E-state index is -0.967. The fourth-order valence-electron chi connectivity index (χ4n) is 1.77. The second-order valence-electron chi connectivity index (χ2n) is 4.66. The number of nitrogens with zero attached hydrogens (tertiary/aromatic N) is 1. The van der Waals surface area contributed by atoms with Crippen LogP contribution in [0.3, 0.4) is 0 Å². The standard InChI is InChI=1S/C15H12FN3O5/c16-9-1-3-10(4-2-9)18-14(20)8-24-15(21)12-7-11(19(22)23)5-6-13(12)17/h1-7H,8,17H2,(H,18,20). The zero-order valence-corrected chi connectivity index (χ0v) is 12.2. The van der Waals surface area contributed by atoms with Gasteiger partial charge >= 0.3 is 5.97 Å². The van der Waals surface area contributed by atoms with Crippen molar-refractivity contribution in [1.29, 1.82) is 0 Å². The van der Waals surface area contributed by atoms with Gasteiger partial charge in [-0.15, -0.1) is 0 Å². The van der Waals surface area contributed by atoms with Crippen molar-refractivity contribution in [3.05, 3.63) is 64.0 Å². The fourth-order valence-corrected chi connectivity index (χ4v) is 1.77. The maximum Gasteiger partial charge on any atom is 0.341 e. The second kappa shape index (κ2) is 7.18. The summed E-state index contributed by atoms with van der Waals surface area (Å²) in [6.07, 6.45) is 0. The molecule has 0 spiro atoms. The molecule has 24 heavy (non-hydrogen) atoms. The van der Waals surface area contributed by atoms with Crippen LogP contribution in [0.1, 0.15) is 10.4 Å². The number of hydrogen-bond acceptors (Lipinski definition) is 6. The molecule has 0 aliphatic rings. The van der Waals surface area contributed by atoms with Crippen LogP contribution in [-0.4, -0.2) is 23.4 Å². The molecule has 2 aromatic rings. The molecule has 2 rings (SSSR count). The molecule has 0 saturated heterocycles. The quantitative estimate of drug-likeness (QED) is 0.374. The maximum atomic E-state index is 12.8. The Kier molecular flexibility index (Phi) is 5.05. The third-order valence-corrected chi connectivity index (χ3v) is 2.93. The molecule has 0 bridgehead atoms. The summed E-state index contributed by atoms with van der Waals surface area (Å²) in [4.78, 5) is 33.6. The van der Waals surface area contributed by atoms with Crippen LogP contribution in [0.5, 0.6) is 0 Å². The first-order valence-electron chi connectivity index (χ1n) is 6.63. The highest BCUT2D eigenvalue weighted by Crippen LogP contribution is 2.20. The molecule has 0 radical (unpaired) electrons. The summed E-state index contributed by atoms with van der Waals surface area (Å²) < 4.78 is 17.5. The number of halogens is 1. The molecule has 2 aromatic carbocycles. The minimum Gasteiger partial charge on any atom is -0.452 e. The van der Waals surface area contributed by atoms with E-state index >= 15 is 0 Å². The van der Waals surface area contributed by atoms with Gasteiger partial charge in [0.15, 0.2) is 6.61 Å². The van der Waals surface area contributed by atoms with Gasteiger partial charge in [-0.3, -0.25) is 14.9 Å². The van der Waals surface area contributed by atoms with Gasteiger partial charge in [-0.2, -0.15) is 0 Å². The van der Waals surface area contributed by atoms with E-state index in [2.05, 4.69) is 5.32 Å². The Morgan fingerprint density at radius 2 is 1.88 bits per heavy atom. The van der Waals surface area contributed by atoms with Crippen LogP contribution >= 0.6 is 0 Å². The van der Waals surface area contributed by atoms with E-state index in [4.69, 9.17) is 10.5 Å². The van der Waals surface area contributed by atoms with Gasteiger partial charge < -0.3 is 15.8 Å². The van der Waals surface area contributed by atoms with E-state index in [0.717, 1.165) is 24.3 Å². The molecule has 124 valence electrons. The third-order valence-electron chi connectivity index (χ3n) is 2.93. The molecular formula is C15H12FN3O5. The predicted octanol–water partition coefficient (Wildman–Crippen LogP) is 2.11. The number of nitrogens with two attached hydrogens (primary N) is 1. The zero-order chi connectivity index (χ0) is 17.7. The monoisotopic (exact) mass is 333 g/mol. The number of benzene rings is 2. The highest BCUT2D eigenvalue weighted by molar-refractivity contribution is 5.98. The van der Waals surface area contributed by atoms with Gasteiger partial charge in [0.05, 0.1) is 10.5 Å². The Morgan fingerprint density at radius 1 is 1.21 bits per heavy atom. The number of carbonyl (C=O) groups excluding carboxylic acids is 2. The first kappa shape index (κ1) is 16.9. The van der Waals surface area contributed by atoms with Crippen molar-refractivity contribution < 1.29 is 23.6 Å². The van der Waals surface area contributed by atoms with Crippen molar-refractivity contribution in [2.75, 3.05) is 17.7 Å². The van der Waals surface area contributed by atoms with Gasteiger partial charge in [-0.05, 0) is 30.3 Å². The Hall–Kier alpha value is -3.49. The number of anilines is 2. The first-order valence-corrected chi connectivity index (χ1v) is 6.63. The summed E-state index contributed by atoms with van der Waals surface area (Å²) in [5, 5.41) is 13.1. The lowest BCUT2D eigenvalue weighted by molar-refractivity contribution is -0.384. The molecule has 0 aliphatic carbocycles. The number of nitrogen functional groups attached to an aromatic ring is 1. The molecule has 0 heterocycles. The van der Waals surface area contributed by atoms with Crippen LogP contribution in [0.2, 0.25) is 0 Å². The van der Waals surface area contributed by atoms with Gasteiger partial charge in [-0.25, -0.2) is 9.18 Å². The maximum absolute atomic E-state index is 12.8. The number of hydrogen-bond donors (Lipinski definition) is 2. The number of amides is 1. The summed E-state index contributed by atoms with van der Waals surface area (Å²) >= 11 is 0. The molecule has 0 aliphatic heterocycles. The largest absolute Gasteiger partial charge is 0.452 e. The Morgan fingerprint density at radius 3 is 2.50 bits per heavy atom. The summed E-state index contributed by atoms with van der Waals surface area (Å²) in [7, 11) is 0. The molecule has 0 unspecified atom stereocenters. The van der Waals surface area contributed by atoms with Crippen LogP contribution < -0.4 is 11.1 Å². The van der Waals surface area contributed by atoms with Gasteiger partial charge in [-0.1, -0.05) is 0 Å². The van der Waals surface area contributed by atoms with Gasteiger partial charge in [0.1, 0.15) is 5.82 Å². The zero-order valence-electron chi connectivity index (χ0n) is 12.2. The topological polar surface area (TPSA) is 125 Å². The van der Waals surface area contributed by atoms with Crippen LogP contribution in [-0.2, 0) is 9.53 Å². The Balaban J connectivity index is 1.97. The lowest BCUT2D eigenvalue weighted by Gasteiger charge is -2.08. The average Bonchev–Trinajstić information content (AvgIpc) is 2.55. The number of nitro groups is 1. The molecule has 0 saturated carbocycles. The Bertz CT molecular complexity index is 792. The van der Waals surface area contributed by atoms with E-state index in [-0.39, 0.29) is 16.9 Å². The van der Waals surface area contributed by atoms with Crippen molar-refractivity contribution in [1.82, 2.24) is 0 Å². The second-order valence-corrected chi connectivity index (χ2v) is 4.66. The van der Waals surface area contributed by atoms with E-state index in [0.29, 0.717) is 5.69 Å². The molecule has 1 amide bonds. The minimum absolute atomic E-state index is 0.00968. The Labute approximate surface area is 135 Å². The first-order chi connectivity index (χ1) is 11.4. The van der Waals surface area contributed by atoms with Crippen molar-refractivity contribution in [3.8, 4) is 0 Å². The molecule has 8 nitrogen and oxygen atoms in total. The molecule has 0 fully saturated rings. The highest BCUT2D eigenvalue weighted by Gasteiger charge is 2.17. The molecule has 3 N–H and O–H groups in total. The lowest BCUT2D eigenvalue weighted by Crippen LogP contribution is -2.21. The van der Waals surface area contributed by atoms with Gasteiger partial charge in [0.25, 0.3) is 11.6 Å². The van der Waals surface area contributed by atoms with E-state index < -0.39 is 29.2 Å². The van der Waals surface area contributed by atoms with E-state index in [1.54, 1.807) is 0 Å². The van der Waals surface area contributed by atoms with Crippen molar-refractivity contribution in [3.63, 3.8) is 0 Å². The van der Waals surface area contributed by atoms with Crippen LogP contribution in [0.4, 0.5) is 21.5 Å². The van der Waals surface area contributed by atoms with E-state index in [1.807, 2.05) is 0 Å². The smallest absolute Gasteiger partial charge is 0.341 e. The number of esters is 1. The van der Waals surface area contributed by atoms with Gasteiger partial charge in [0.2, 0.25) is 0 Å². The summed E-state index contributed by atoms with van der Waals surface area (Å²) in [6, 6.07) is 8.31. The summed E-state index contributed by atoms with van der Waals surface area (Å²) in [5.74, 6) is -2.08.